The summed E-state index contributed by atoms with van der Waals surface area (Å²) >= 11 is 0. The van der Waals surface area contributed by atoms with Crippen molar-refractivity contribution in [3.8, 4) is 0 Å². The first-order valence-electron chi connectivity index (χ1n) is 6.64. The summed E-state index contributed by atoms with van der Waals surface area (Å²) in [5, 5.41) is 0. The van der Waals surface area contributed by atoms with Crippen molar-refractivity contribution in [2.24, 2.45) is 0 Å². The summed E-state index contributed by atoms with van der Waals surface area (Å²) in [6, 6.07) is 8.82. The minimum absolute atomic E-state index is 0.366. The van der Waals surface area contributed by atoms with E-state index in [1.54, 1.807) is 0 Å². The van der Waals surface area contributed by atoms with E-state index in [0.29, 0.717) is 11.8 Å². The first-order chi connectivity index (χ1) is 8.56. The minimum Gasteiger partial charge on any atom is -0.0952 e. The lowest BCUT2D eigenvalue weighted by atomic mass is 9.90. The van der Waals surface area contributed by atoms with Crippen LogP contribution in [0.1, 0.15) is 50.7 Å². The SMILES string of the molecule is C=C(/C=C\C=C/C)C(C)c1cccc(C(C)C)c1. The maximum absolute atomic E-state index is 4.16. The topological polar surface area (TPSA) is 0 Å². The van der Waals surface area contributed by atoms with E-state index in [4.69, 9.17) is 0 Å². The van der Waals surface area contributed by atoms with Crippen molar-refractivity contribution in [1.82, 2.24) is 0 Å². The third-order valence-electron chi connectivity index (χ3n) is 3.25. The highest BCUT2D eigenvalue weighted by Crippen LogP contribution is 2.26. The molecule has 0 nitrogen and oxygen atoms in total. The Bertz CT molecular complexity index is 447. The van der Waals surface area contributed by atoms with E-state index in [0.717, 1.165) is 5.57 Å². The normalized spacial score (nSPS) is 13.6. The van der Waals surface area contributed by atoms with Gasteiger partial charge in [-0.05, 0) is 29.5 Å². The number of hydrogen-bond acceptors (Lipinski definition) is 0. The Balaban J connectivity index is 2.86. The lowest BCUT2D eigenvalue weighted by Crippen LogP contribution is -1.97. The Morgan fingerprint density at radius 3 is 2.39 bits per heavy atom. The van der Waals surface area contributed by atoms with Gasteiger partial charge in [-0.15, -0.1) is 0 Å². The first-order valence-corrected chi connectivity index (χ1v) is 6.64. The lowest BCUT2D eigenvalue weighted by molar-refractivity contribution is 0.851. The molecule has 0 saturated heterocycles. The molecule has 0 bridgehead atoms. The Hall–Kier alpha value is -1.56. The van der Waals surface area contributed by atoms with Crippen LogP contribution in [-0.4, -0.2) is 0 Å². The number of rotatable bonds is 5. The van der Waals surface area contributed by atoms with Gasteiger partial charge in [0.05, 0.1) is 0 Å². The van der Waals surface area contributed by atoms with Gasteiger partial charge < -0.3 is 0 Å². The van der Waals surface area contributed by atoms with Gasteiger partial charge in [-0.2, -0.15) is 0 Å². The molecule has 0 aliphatic rings. The van der Waals surface area contributed by atoms with Gasteiger partial charge in [0.15, 0.2) is 0 Å². The Morgan fingerprint density at radius 1 is 1.11 bits per heavy atom. The largest absolute Gasteiger partial charge is 0.0952 e. The molecule has 96 valence electrons. The first kappa shape index (κ1) is 14.5. The zero-order valence-electron chi connectivity index (χ0n) is 12.0. The Kier molecular flexibility index (Phi) is 5.64. The van der Waals surface area contributed by atoms with Crippen molar-refractivity contribution < 1.29 is 0 Å². The summed E-state index contributed by atoms with van der Waals surface area (Å²) in [7, 11) is 0. The van der Waals surface area contributed by atoms with Gasteiger partial charge in [-0.25, -0.2) is 0 Å². The fraction of sp³-hybridized carbons (Fsp3) is 0.333. The standard InChI is InChI=1S/C18H24/c1-6-7-8-10-15(4)16(5)18-12-9-11-17(13-18)14(2)3/h6-14,16H,4H2,1-3,5H3/b7-6-,10-8-. The van der Waals surface area contributed by atoms with E-state index in [1.807, 2.05) is 25.2 Å². The molecule has 18 heavy (non-hydrogen) atoms. The van der Waals surface area contributed by atoms with Crippen LogP contribution in [0.2, 0.25) is 0 Å². The van der Waals surface area contributed by atoms with Crippen LogP contribution in [0.4, 0.5) is 0 Å². The van der Waals surface area contributed by atoms with E-state index < -0.39 is 0 Å². The summed E-state index contributed by atoms with van der Waals surface area (Å²) in [6.07, 6.45) is 8.19. The van der Waals surface area contributed by atoms with Crippen LogP contribution in [0.25, 0.3) is 0 Å². The molecule has 1 aromatic carbocycles. The van der Waals surface area contributed by atoms with Gasteiger partial charge in [0.25, 0.3) is 0 Å². The molecule has 0 heteroatoms. The third-order valence-corrected chi connectivity index (χ3v) is 3.25. The number of hydrogen-bond donors (Lipinski definition) is 0. The molecule has 0 amide bonds. The average Bonchev–Trinajstić information content (AvgIpc) is 2.38. The van der Waals surface area contributed by atoms with E-state index in [1.165, 1.54) is 11.1 Å². The molecule has 0 aliphatic carbocycles. The van der Waals surface area contributed by atoms with Crippen LogP contribution in [0.3, 0.4) is 0 Å². The van der Waals surface area contributed by atoms with Gasteiger partial charge >= 0.3 is 0 Å². The highest BCUT2D eigenvalue weighted by Gasteiger charge is 2.08. The molecule has 1 atom stereocenters. The van der Waals surface area contributed by atoms with E-state index in [-0.39, 0.29) is 0 Å². The zero-order chi connectivity index (χ0) is 13.5. The van der Waals surface area contributed by atoms with Crippen molar-refractivity contribution in [1.29, 1.82) is 0 Å². The summed E-state index contributed by atoms with van der Waals surface area (Å²) in [6.45, 7) is 12.8. The zero-order valence-corrected chi connectivity index (χ0v) is 12.0. The molecule has 0 N–H and O–H groups in total. The Morgan fingerprint density at radius 2 is 1.78 bits per heavy atom. The fourth-order valence-electron chi connectivity index (χ4n) is 1.84. The molecular formula is C18H24. The molecule has 1 rings (SSSR count). The lowest BCUT2D eigenvalue weighted by Gasteiger charge is -2.15. The summed E-state index contributed by atoms with van der Waals surface area (Å²) in [5.41, 5.74) is 3.88. The second-order valence-corrected chi connectivity index (χ2v) is 5.01. The second kappa shape index (κ2) is 7.00. The minimum atomic E-state index is 0.366. The van der Waals surface area contributed by atoms with Crippen LogP contribution in [0.15, 0.2) is 60.7 Å². The van der Waals surface area contributed by atoms with Gasteiger partial charge in [-0.1, -0.05) is 75.9 Å². The summed E-state index contributed by atoms with van der Waals surface area (Å²) in [4.78, 5) is 0. The summed E-state index contributed by atoms with van der Waals surface area (Å²) in [5.74, 6) is 0.939. The van der Waals surface area contributed by atoms with E-state index in [9.17, 15) is 0 Å². The molecule has 0 aliphatic heterocycles. The Labute approximate surface area is 112 Å². The molecule has 0 saturated carbocycles. The molecule has 0 fully saturated rings. The maximum Gasteiger partial charge on any atom is 0.00552 e. The quantitative estimate of drug-likeness (QED) is 0.587. The van der Waals surface area contributed by atoms with Crippen LogP contribution in [-0.2, 0) is 0 Å². The van der Waals surface area contributed by atoms with E-state index in [2.05, 4.69) is 57.7 Å². The monoisotopic (exact) mass is 240 g/mol. The van der Waals surface area contributed by atoms with Crippen LogP contribution in [0.5, 0.6) is 0 Å². The van der Waals surface area contributed by atoms with Gasteiger partial charge in [0.2, 0.25) is 0 Å². The van der Waals surface area contributed by atoms with E-state index >= 15 is 0 Å². The van der Waals surface area contributed by atoms with Crippen molar-refractivity contribution >= 4 is 0 Å². The molecule has 0 heterocycles. The molecule has 1 unspecified atom stereocenters. The smallest absolute Gasteiger partial charge is 0.00552 e. The highest BCUT2D eigenvalue weighted by molar-refractivity contribution is 5.36. The van der Waals surface area contributed by atoms with Crippen molar-refractivity contribution in [2.45, 2.75) is 39.5 Å². The summed E-state index contributed by atoms with van der Waals surface area (Å²) < 4.78 is 0. The molecule has 1 aromatic rings. The van der Waals surface area contributed by atoms with Crippen LogP contribution < -0.4 is 0 Å². The van der Waals surface area contributed by atoms with Crippen LogP contribution >= 0.6 is 0 Å². The third kappa shape index (κ3) is 4.03. The number of benzene rings is 1. The van der Waals surface area contributed by atoms with Crippen molar-refractivity contribution in [2.75, 3.05) is 0 Å². The molecule has 0 radical (unpaired) electrons. The predicted molar refractivity (Wildman–Crippen MR) is 82.0 cm³/mol. The fourth-order valence-corrected chi connectivity index (χ4v) is 1.84. The van der Waals surface area contributed by atoms with Crippen molar-refractivity contribution in [3.63, 3.8) is 0 Å². The molecule has 0 spiro atoms. The van der Waals surface area contributed by atoms with Gasteiger partial charge in [0, 0.05) is 5.92 Å². The average molecular weight is 240 g/mol. The van der Waals surface area contributed by atoms with Crippen LogP contribution in [0, 0.1) is 0 Å². The van der Waals surface area contributed by atoms with Gasteiger partial charge in [-0.3, -0.25) is 0 Å². The molecule has 0 aromatic heterocycles. The maximum atomic E-state index is 4.16. The molecular weight excluding hydrogens is 216 g/mol. The second-order valence-electron chi connectivity index (χ2n) is 5.01. The van der Waals surface area contributed by atoms with Gasteiger partial charge in [0.1, 0.15) is 0 Å². The highest BCUT2D eigenvalue weighted by atomic mass is 14.1. The predicted octanol–water partition coefficient (Wildman–Crippen LogP) is 5.60. The number of allylic oxidation sites excluding steroid dienone is 5. The van der Waals surface area contributed by atoms with Crippen molar-refractivity contribution in [3.05, 3.63) is 71.8 Å².